The van der Waals surface area contributed by atoms with Gasteiger partial charge in [0.25, 0.3) is 0 Å². The highest BCUT2D eigenvalue weighted by Gasteiger charge is 2.47. The van der Waals surface area contributed by atoms with Crippen molar-refractivity contribution in [3.8, 4) is 0 Å². The average molecular weight is 414 g/mol. The smallest absolute Gasteiger partial charge is 0.186 e. The Balaban J connectivity index is 1.95. The van der Waals surface area contributed by atoms with Gasteiger partial charge < -0.3 is 59.8 Å². The summed E-state index contributed by atoms with van der Waals surface area (Å²) in [5.41, 5.74) is 0. The molecule has 2 aliphatic heterocycles. The Labute approximate surface area is 161 Å². The summed E-state index contributed by atoms with van der Waals surface area (Å²) in [5.74, 6) is 0. The molecule has 166 valence electrons. The normalized spacial score (nSPS) is 45.8. The predicted octanol–water partition coefficient (Wildman–Crippen LogP) is -4.60. The molecule has 12 heteroatoms. The Morgan fingerprint density at radius 2 is 1.25 bits per heavy atom. The van der Waals surface area contributed by atoms with Crippen molar-refractivity contribution >= 4 is 0 Å². The van der Waals surface area contributed by atoms with Crippen molar-refractivity contribution in [3.63, 3.8) is 0 Å². The van der Waals surface area contributed by atoms with Crippen molar-refractivity contribution in [2.45, 2.75) is 80.9 Å². The average Bonchev–Trinajstić information content (AvgIpc) is 2.70. The van der Waals surface area contributed by atoms with Crippen LogP contribution in [0.3, 0.4) is 0 Å². The first-order valence-corrected chi connectivity index (χ1v) is 9.12. The second kappa shape index (κ2) is 10.5. The monoisotopic (exact) mass is 414 g/mol. The van der Waals surface area contributed by atoms with E-state index in [1.807, 2.05) is 0 Å². The number of ether oxygens (including phenoxy) is 4. The van der Waals surface area contributed by atoms with Crippen LogP contribution in [-0.4, -0.2) is 128 Å². The van der Waals surface area contributed by atoms with Crippen molar-refractivity contribution in [1.82, 2.24) is 0 Å². The standard InChI is InChI=1S/C16H30O12/c1-2-6(18)4-25-15-14(24)12(22)10(20)8(28-15)5-26-16-13(23)11(21)9(19)7(3-17)27-16/h6-24H,2-5H2,1H3/t6?,7?,8?,9?,10?,11?,12?,13-,14?,15?,16+/m1/s1. The molecule has 2 fully saturated rings. The Kier molecular flexibility index (Phi) is 8.94. The van der Waals surface area contributed by atoms with E-state index < -0.39 is 80.7 Å². The van der Waals surface area contributed by atoms with Crippen LogP contribution in [0.25, 0.3) is 0 Å². The van der Waals surface area contributed by atoms with E-state index in [1.54, 1.807) is 6.92 Å². The molecule has 9 unspecified atom stereocenters. The lowest BCUT2D eigenvalue weighted by Crippen LogP contribution is -2.61. The summed E-state index contributed by atoms with van der Waals surface area (Å²) in [6, 6.07) is 0. The van der Waals surface area contributed by atoms with Crippen molar-refractivity contribution in [3.05, 3.63) is 0 Å². The molecule has 0 saturated carbocycles. The second-order valence-corrected chi connectivity index (χ2v) is 6.94. The zero-order valence-electron chi connectivity index (χ0n) is 15.4. The second-order valence-electron chi connectivity index (χ2n) is 6.94. The molecule has 0 aromatic heterocycles. The maximum absolute atomic E-state index is 10.1. The molecule has 0 aromatic rings. The van der Waals surface area contributed by atoms with E-state index in [0.717, 1.165) is 0 Å². The van der Waals surface area contributed by atoms with Crippen LogP contribution in [-0.2, 0) is 18.9 Å². The number of hydrogen-bond donors (Lipinski definition) is 8. The highest BCUT2D eigenvalue weighted by molar-refractivity contribution is 4.91. The minimum absolute atomic E-state index is 0.165. The zero-order valence-corrected chi connectivity index (χ0v) is 15.4. The lowest BCUT2D eigenvalue weighted by molar-refractivity contribution is -0.332. The van der Waals surface area contributed by atoms with Crippen LogP contribution in [0.4, 0.5) is 0 Å². The first-order valence-electron chi connectivity index (χ1n) is 9.12. The fraction of sp³-hybridized carbons (Fsp3) is 1.00. The van der Waals surface area contributed by atoms with Gasteiger partial charge in [0.1, 0.15) is 48.8 Å². The Morgan fingerprint density at radius 3 is 1.79 bits per heavy atom. The SMILES string of the molecule is CCC(O)COC1OC(CO[C@H]2OC(CO)C(O)C(O)[C@H]2O)C(O)C(O)C1O. The molecule has 2 rings (SSSR count). The van der Waals surface area contributed by atoms with Gasteiger partial charge in [0, 0.05) is 0 Å². The number of hydrogen-bond acceptors (Lipinski definition) is 12. The number of aliphatic hydroxyl groups excluding tert-OH is 8. The molecule has 11 atom stereocenters. The predicted molar refractivity (Wildman–Crippen MR) is 88.7 cm³/mol. The first-order chi connectivity index (χ1) is 13.2. The Hall–Kier alpha value is -0.480. The summed E-state index contributed by atoms with van der Waals surface area (Å²) in [4.78, 5) is 0. The highest BCUT2D eigenvalue weighted by atomic mass is 16.7. The van der Waals surface area contributed by atoms with Crippen LogP contribution >= 0.6 is 0 Å². The van der Waals surface area contributed by atoms with Gasteiger partial charge in [-0.1, -0.05) is 6.92 Å². The minimum Gasteiger partial charge on any atom is -0.394 e. The van der Waals surface area contributed by atoms with E-state index in [2.05, 4.69) is 0 Å². The molecule has 0 aliphatic carbocycles. The number of rotatable bonds is 8. The van der Waals surface area contributed by atoms with Crippen LogP contribution in [0, 0.1) is 0 Å². The maximum atomic E-state index is 10.1. The van der Waals surface area contributed by atoms with Gasteiger partial charge in [0.05, 0.1) is 25.9 Å². The van der Waals surface area contributed by atoms with Gasteiger partial charge in [-0.15, -0.1) is 0 Å². The van der Waals surface area contributed by atoms with Crippen LogP contribution in [0.5, 0.6) is 0 Å². The molecule has 28 heavy (non-hydrogen) atoms. The fourth-order valence-corrected chi connectivity index (χ4v) is 2.91. The van der Waals surface area contributed by atoms with Gasteiger partial charge in [0.15, 0.2) is 12.6 Å². The molecule has 0 bridgehead atoms. The Morgan fingerprint density at radius 1 is 0.750 bits per heavy atom. The third kappa shape index (κ3) is 5.36. The molecule has 0 radical (unpaired) electrons. The van der Waals surface area contributed by atoms with E-state index in [9.17, 15) is 35.7 Å². The van der Waals surface area contributed by atoms with Gasteiger partial charge in [-0.05, 0) is 6.42 Å². The summed E-state index contributed by atoms with van der Waals surface area (Å²) in [7, 11) is 0. The fourth-order valence-electron chi connectivity index (χ4n) is 2.91. The highest BCUT2D eigenvalue weighted by Crippen LogP contribution is 2.26. The summed E-state index contributed by atoms with van der Waals surface area (Å²) in [6.07, 6.45) is -15.1. The van der Waals surface area contributed by atoms with Crippen LogP contribution < -0.4 is 0 Å². The summed E-state index contributed by atoms with van der Waals surface area (Å²) in [5, 5.41) is 78.2. The Bertz CT molecular complexity index is 465. The third-order valence-electron chi connectivity index (χ3n) is 4.87. The van der Waals surface area contributed by atoms with Crippen molar-refractivity contribution < 1.29 is 59.8 Å². The molecule has 2 saturated heterocycles. The van der Waals surface area contributed by atoms with Gasteiger partial charge in [-0.25, -0.2) is 0 Å². The van der Waals surface area contributed by atoms with Crippen molar-refractivity contribution in [2.75, 3.05) is 19.8 Å². The van der Waals surface area contributed by atoms with E-state index in [0.29, 0.717) is 6.42 Å². The third-order valence-corrected chi connectivity index (χ3v) is 4.87. The van der Waals surface area contributed by atoms with Crippen molar-refractivity contribution in [2.24, 2.45) is 0 Å². The largest absolute Gasteiger partial charge is 0.394 e. The van der Waals surface area contributed by atoms with Crippen LogP contribution in [0.1, 0.15) is 13.3 Å². The minimum atomic E-state index is -1.64. The first kappa shape index (κ1) is 23.8. The van der Waals surface area contributed by atoms with E-state index in [4.69, 9.17) is 24.1 Å². The molecular formula is C16H30O12. The van der Waals surface area contributed by atoms with Gasteiger partial charge in [0.2, 0.25) is 0 Å². The van der Waals surface area contributed by atoms with Gasteiger partial charge >= 0.3 is 0 Å². The summed E-state index contributed by atoms with van der Waals surface area (Å²) < 4.78 is 21.1. The molecule has 0 aromatic carbocycles. The zero-order chi connectivity index (χ0) is 21.0. The molecule has 2 aliphatic rings. The summed E-state index contributed by atoms with van der Waals surface area (Å²) in [6.45, 7) is 0.487. The van der Waals surface area contributed by atoms with Gasteiger partial charge in [-0.2, -0.15) is 0 Å². The summed E-state index contributed by atoms with van der Waals surface area (Å²) >= 11 is 0. The molecule has 0 amide bonds. The van der Waals surface area contributed by atoms with Gasteiger partial charge in [-0.3, -0.25) is 0 Å². The van der Waals surface area contributed by atoms with E-state index in [1.165, 1.54) is 0 Å². The van der Waals surface area contributed by atoms with Crippen LogP contribution in [0.2, 0.25) is 0 Å². The molecule has 12 nitrogen and oxygen atoms in total. The van der Waals surface area contributed by atoms with Crippen LogP contribution in [0.15, 0.2) is 0 Å². The topological polar surface area (TPSA) is 199 Å². The van der Waals surface area contributed by atoms with Crippen molar-refractivity contribution in [1.29, 1.82) is 0 Å². The molecule has 2 heterocycles. The molecule has 0 spiro atoms. The van der Waals surface area contributed by atoms with E-state index >= 15 is 0 Å². The quantitative estimate of drug-likeness (QED) is 0.189. The lowest BCUT2D eigenvalue weighted by atomic mass is 9.98. The maximum Gasteiger partial charge on any atom is 0.186 e. The number of aliphatic hydroxyl groups is 8. The molecule has 8 N–H and O–H groups in total. The van der Waals surface area contributed by atoms with E-state index in [-0.39, 0.29) is 6.61 Å². The molecular weight excluding hydrogens is 384 g/mol. The lowest BCUT2D eigenvalue weighted by Gasteiger charge is -2.42.